The third-order valence-corrected chi connectivity index (χ3v) is 4.53. The lowest BCUT2D eigenvalue weighted by atomic mass is 9.93. The number of urea groups is 1. The molecule has 6 heteroatoms. The highest BCUT2D eigenvalue weighted by Gasteiger charge is 2.37. The second-order valence-electron chi connectivity index (χ2n) is 7.35. The molecule has 2 N–H and O–H groups in total. The van der Waals surface area contributed by atoms with Gasteiger partial charge in [-0.2, -0.15) is 0 Å². The molecular weight excluding hydrogens is 354 g/mol. The summed E-state index contributed by atoms with van der Waals surface area (Å²) in [6, 6.07) is 14.6. The Hall–Kier alpha value is -3.28. The summed E-state index contributed by atoms with van der Waals surface area (Å²) < 4.78 is 5.85. The second kappa shape index (κ2) is 8.17. The predicted octanol–water partition coefficient (Wildman–Crippen LogP) is 3.95. The summed E-state index contributed by atoms with van der Waals surface area (Å²) in [6.07, 6.45) is 1.68. The molecule has 0 saturated carbocycles. The van der Waals surface area contributed by atoms with Gasteiger partial charge in [0, 0.05) is 18.8 Å². The summed E-state index contributed by atoms with van der Waals surface area (Å²) in [5.41, 5.74) is 1.56. The first kappa shape index (κ1) is 19.5. The SMILES string of the molecule is C=CCN1C(=O)C(C)(C)COc2ccc(NC(=O)NCc3ccccc3)cc21. The van der Waals surface area contributed by atoms with E-state index < -0.39 is 5.41 Å². The van der Waals surface area contributed by atoms with Crippen LogP contribution >= 0.6 is 0 Å². The van der Waals surface area contributed by atoms with E-state index >= 15 is 0 Å². The highest BCUT2D eigenvalue weighted by molar-refractivity contribution is 6.00. The Bertz CT molecular complexity index is 878. The van der Waals surface area contributed by atoms with E-state index in [1.807, 2.05) is 44.2 Å². The van der Waals surface area contributed by atoms with Crippen molar-refractivity contribution in [2.45, 2.75) is 20.4 Å². The average Bonchev–Trinajstić information content (AvgIpc) is 2.78. The zero-order valence-corrected chi connectivity index (χ0v) is 16.2. The maximum absolute atomic E-state index is 12.9. The molecule has 0 spiro atoms. The minimum Gasteiger partial charge on any atom is -0.490 e. The lowest BCUT2D eigenvalue weighted by Crippen LogP contribution is -2.42. The number of benzene rings is 2. The molecule has 0 aliphatic carbocycles. The van der Waals surface area contributed by atoms with Crippen molar-refractivity contribution in [1.82, 2.24) is 5.32 Å². The number of rotatable bonds is 5. The first-order chi connectivity index (χ1) is 13.4. The minimum absolute atomic E-state index is 0.0446. The van der Waals surface area contributed by atoms with E-state index in [-0.39, 0.29) is 18.5 Å². The van der Waals surface area contributed by atoms with Gasteiger partial charge in [0.05, 0.1) is 11.1 Å². The fraction of sp³-hybridized carbons (Fsp3) is 0.273. The molecule has 0 fully saturated rings. The number of ether oxygens (including phenoxy) is 1. The molecule has 0 unspecified atom stereocenters. The molecular formula is C22H25N3O3. The van der Waals surface area contributed by atoms with Crippen LogP contribution in [0.25, 0.3) is 0 Å². The monoisotopic (exact) mass is 379 g/mol. The molecule has 3 rings (SSSR count). The van der Waals surface area contributed by atoms with Crippen LogP contribution in [-0.4, -0.2) is 25.1 Å². The molecule has 1 heterocycles. The fourth-order valence-corrected chi connectivity index (χ4v) is 2.99. The van der Waals surface area contributed by atoms with Gasteiger partial charge in [0.25, 0.3) is 0 Å². The zero-order chi connectivity index (χ0) is 20.1. The van der Waals surface area contributed by atoms with Crippen molar-refractivity contribution < 1.29 is 14.3 Å². The number of fused-ring (bicyclic) bond motifs is 1. The van der Waals surface area contributed by atoms with Crippen molar-refractivity contribution in [2.24, 2.45) is 5.41 Å². The van der Waals surface area contributed by atoms with Gasteiger partial charge in [-0.15, -0.1) is 6.58 Å². The Morgan fingerprint density at radius 3 is 2.71 bits per heavy atom. The van der Waals surface area contributed by atoms with Gasteiger partial charge in [-0.25, -0.2) is 4.79 Å². The summed E-state index contributed by atoms with van der Waals surface area (Å²) in [4.78, 5) is 26.8. The zero-order valence-electron chi connectivity index (χ0n) is 16.2. The van der Waals surface area contributed by atoms with Crippen LogP contribution in [0.15, 0.2) is 61.2 Å². The maximum Gasteiger partial charge on any atom is 0.319 e. The third kappa shape index (κ3) is 4.34. The summed E-state index contributed by atoms with van der Waals surface area (Å²) >= 11 is 0. The molecule has 2 aromatic rings. The molecule has 2 aromatic carbocycles. The quantitative estimate of drug-likeness (QED) is 0.773. The van der Waals surface area contributed by atoms with Crippen LogP contribution in [0.4, 0.5) is 16.2 Å². The van der Waals surface area contributed by atoms with Crippen LogP contribution in [0, 0.1) is 5.41 Å². The second-order valence-corrected chi connectivity index (χ2v) is 7.35. The van der Waals surface area contributed by atoms with Crippen LogP contribution in [0.2, 0.25) is 0 Å². The van der Waals surface area contributed by atoms with Gasteiger partial charge in [0.2, 0.25) is 5.91 Å². The van der Waals surface area contributed by atoms with Crippen LogP contribution in [0.5, 0.6) is 5.75 Å². The molecule has 3 amide bonds. The number of amides is 3. The molecule has 28 heavy (non-hydrogen) atoms. The summed E-state index contributed by atoms with van der Waals surface area (Å²) in [5, 5.41) is 5.63. The van der Waals surface area contributed by atoms with Crippen molar-refractivity contribution in [3.8, 4) is 5.75 Å². The Balaban J connectivity index is 1.76. The smallest absolute Gasteiger partial charge is 0.319 e. The molecule has 6 nitrogen and oxygen atoms in total. The number of anilines is 2. The van der Waals surface area contributed by atoms with Gasteiger partial charge in [0.1, 0.15) is 12.4 Å². The molecule has 1 aliphatic heterocycles. The average molecular weight is 379 g/mol. The number of carbonyl (C=O) groups excluding carboxylic acids is 2. The van der Waals surface area contributed by atoms with Gasteiger partial charge < -0.3 is 20.3 Å². The molecule has 0 radical (unpaired) electrons. The Morgan fingerprint density at radius 2 is 2.00 bits per heavy atom. The van der Waals surface area contributed by atoms with Crippen molar-refractivity contribution in [3.63, 3.8) is 0 Å². The Morgan fingerprint density at radius 1 is 1.25 bits per heavy atom. The van der Waals surface area contributed by atoms with E-state index in [9.17, 15) is 9.59 Å². The molecule has 146 valence electrons. The van der Waals surface area contributed by atoms with Gasteiger partial charge in [-0.1, -0.05) is 36.4 Å². The highest BCUT2D eigenvalue weighted by atomic mass is 16.5. The lowest BCUT2D eigenvalue weighted by Gasteiger charge is -2.27. The summed E-state index contributed by atoms with van der Waals surface area (Å²) in [7, 11) is 0. The minimum atomic E-state index is -0.650. The van der Waals surface area contributed by atoms with Crippen molar-refractivity contribution in [3.05, 3.63) is 66.7 Å². The number of carbonyl (C=O) groups is 2. The third-order valence-electron chi connectivity index (χ3n) is 4.53. The standard InChI is InChI=1S/C22H25N3O3/c1-4-12-25-18-13-17(10-11-19(18)28-15-22(2,3)20(25)26)24-21(27)23-14-16-8-6-5-7-9-16/h4-11,13H,1,12,14-15H2,2-3H3,(H2,23,24,27). The van der Waals surface area contributed by atoms with Crippen molar-refractivity contribution in [1.29, 1.82) is 0 Å². The van der Waals surface area contributed by atoms with E-state index in [0.29, 0.717) is 30.2 Å². The highest BCUT2D eigenvalue weighted by Crippen LogP contribution is 2.38. The first-order valence-electron chi connectivity index (χ1n) is 9.19. The van der Waals surface area contributed by atoms with Gasteiger partial charge >= 0.3 is 6.03 Å². The molecule has 0 aromatic heterocycles. The van der Waals surface area contributed by atoms with Gasteiger partial charge in [0.15, 0.2) is 0 Å². The summed E-state index contributed by atoms with van der Waals surface area (Å²) in [6.45, 7) is 8.54. The normalized spacial score (nSPS) is 15.1. The first-order valence-corrected chi connectivity index (χ1v) is 9.19. The molecule has 1 aliphatic rings. The number of nitrogens with zero attached hydrogens (tertiary/aromatic N) is 1. The number of hydrogen-bond donors (Lipinski definition) is 2. The predicted molar refractivity (Wildman–Crippen MR) is 111 cm³/mol. The fourth-order valence-electron chi connectivity index (χ4n) is 2.99. The molecule has 0 saturated heterocycles. The van der Waals surface area contributed by atoms with Crippen molar-refractivity contribution in [2.75, 3.05) is 23.4 Å². The largest absolute Gasteiger partial charge is 0.490 e. The van der Waals surface area contributed by atoms with E-state index in [2.05, 4.69) is 17.2 Å². The van der Waals surface area contributed by atoms with Gasteiger partial charge in [-0.05, 0) is 37.6 Å². The number of nitrogens with one attached hydrogen (secondary N) is 2. The van der Waals surface area contributed by atoms with Crippen LogP contribution in [-0.2, 0) is 11.3 Å². The van der Waals surface area contributed by atoms with E-state index in [1.165, 1.54) is 0 Å². The van der Waals surface area contributed by atoms with Crippen LogP contribution in [0.3, 0.4) is 0 Å². The van der Waals surface area contributed by atoms with Crippen molar-refractivity contribution >= 4 is 23.3 Å². The lowest BCUT2D eigenvalue weighted by molar-refractivity contribution is -0.127. The van der Waals surface area contributed by atoms with E-state index in [0.717, 1.165) is 5.56 Å². The Labute approximate surface area is 165 Å². The number of hydrogen-bond acceptors (Lipinski definition) is 3. The van der Waals surface area contributed by atoms with E-state index in [1.54, 1.807) is 29.2 Å². The van der Waals surface area contributed by atoms with E-state index in [4.69, 9.17) is 4.74 Å². The molecule has 0 atom stereocenters. The van der Waals surface area contributed by atoms with Crippen LogP contribution < -0.4 is 20.3 Å². The van der Waals surface area contributed by atoms with Crippen LogP contribution in [0.1, 0.15) is 19.4 Å². The maximum atomic E-state index is 12.9. The summed E-state index contributed by atoms with van der Waals surface area (Å²) in [5.74, 6) is 0.563. The Kier molecular flexibility index (Phi) is 5.68. The molecule has 0 bridgehead atoms. The van der Waals surface area contributed by atoms with Gasteiger partial charge in [-0.3, -0.25) is 4.79 Å². The topological polar surface area (TPSA) is 70.7 Å².